The molecule has 1 aromatic heterocycles. The molecule has 0 N–H and O–H groups in total. The number of hydrogen-bond donors (Lipinski definition) is 0. The Labute approximate surface area is 179 Å². The zero-order valence-corrected chi connectivity index (χ0v) is 18.6. The zero-order chi connectivity index (χ0) is 21.5. The van der Waals surface area contributed by atoms with Crippen molar-refractivity contribution in [3.05, 3.63) is 59.4 Å². The maximum Gasteiger partial charge on any atom is 0.243 e. The van der Waals surface area contributed by atoms with Gasteiger partial charge in [-0.15, -0.1) is 0 Å². The molecular formula is C25H33N3O2. The molecule has 2 amide bonds. The van der Waals surface area contributed by atoms with Gasteiger partial charge in [0.15, 0.2) is 0 Å². The molecule has 2 heterocycles. The standard InChI is InChI=1S/C25H33N3O2/c1-18-10-12-19(13-11-18)23-21-9-6-14-26(21)15-16-27(23)22(29)17-28(25(2,3)4)24(30)20-7-5-8-20/h6,9-14,20,23H,5,7-8,15-17H2,1-4H3/t23-/m1/s1. The first-order valence-electron chi connectivity index (χ1n) is 11.1. The third-order valence-electron chi connectivity index (χ3n) is 6.58. The van der Waals surface area contributed by atoms with E-state index in [4.69, 9.17) is 0 Å². The lowest BCUT2D eigenvalue weighted by molar-refractivity contribution is -0.150. The second-order valence-corrected chi connectivity index (χ2v) is 9.75. The molecule has 4 rings (SSSR count). The van der Waals surface area contributed by atoms with Crippen LogP contribution in [0.4, 0.5) is 0 Å². The first-order valence-corrected chi connectivity index (χ1v) is 11.1. The molecule has 2 aliphatic rings. The Balaban J connectivity index is 1.62. The highest BCUT2D eigenvalue weighted by Crippen LogP contribution is 2.34. The van der Waals surface area contributed by atoms with Crippen molar-refractivity contribution >= 4 is 11.8 Å². The topological polar surface area (TPSA) is 45.6 Å². The number of nitrogens with zero attached hydrogens (tertiary/aromatic N) is 3. The van der Waals surface area contributed by atoms with Gasteiger partial charge in [-0.1, -0.05) is 36.2 Å². The van der Waals surface area contributed by atoms with Crippen molar-refractivity contribution < 1.29 is 9.59 Å². The Bertz CT molecular complexity index is 919. The van der Waals surface area contributed by atoms with Gasteiger partial charge in [-0.05, 0) is 58.2 Å². The van der Waals surface area contributed by atoms with Crippen LogP contribution in [0.1, 0.15) is 62.9 Å². The summed E-state index contributed by atoms with van der Waals surface area (Å²) < 4.78 is 2.23. The summed E-state index contributed by atoms with van der Waals surface area (Å²) in [7, 11) is 0. The molecule has 0 unspecified atom stereocenters. The van der Waals surface area contributed by atoms with Crippen molar-refractivity contribution in [2.24, 2.45) is 5.92 Å². The largest absolute Gasteiger partial charge is 0.348 e. The van der Waals surface area contributed by atoms with Crippen molar-refractivity contribution in [3.8, 4) is 0 Å². The van der Waals surface area contributed by atoms with Gasteiger partial charge in [-0.25, -0.2) is 0 Å². The SMILES string of the molecule is Cc1ccc([C@@H]2c3cccn3CCN2C(=O)CN(C(=O)C2CCC2)C(C)(C)C)cc1. The summed E-state index contributed by atoms with van der Waals surface area (Å²) in [6, 6.07) is 12.5. The Morgan fingerprint density at radius 3 is 2.37 bits per heavy atom. The van der Waals surface area contributed by atoms with Gasteiger partial charge in [0.1, 0.15) is 6.54 Å². The molecule has 5 heteroatoms. The highest BCUT2D eigenvalue weighted by molar-refractivity contribution is 5.87. The molecule has 0 bridgehead atoms. The quantitative estimate of drug-likeness (QED) is 0.764. The Morgan fingerprint density at radius 1 is 1.07 bits per heavy atom. The van der Waals surface area contributed by atoms with E-state index in [2.05, 4.69) is 48.0 Å². The maximum absolute atomic E-state index is 13.6. The van der Waals surface area contributed by atoms with Crippen LogP contribution in [0.2, 0.25) is 0 Å². The van der Waals surface area contributed by atoms with E-state index in [1.54, 1.807) is 4.90 Å². The van der Waals surface area contributed by atoms with Gasteiger partial charge < -0.3 is 14.4 Å². The molecule has 5 nitrogen and oxygen atoms in total. The normalized spacial score (nSPS) is 19.2. The number of aryl methyl sites for hydroxylation is 1. The van der Waals surface area contributed by atoms with Gasteiger partial charge in [0.25, 0.3) is 0 Å². The highest BCUT2D eigenvalue weighted by Gasteiger charge is 2.38. The summed E-state index contributed by atoms with van der Waals surface area (Å²) in [5, 5.41) is 0. The minimum atomic E-state index is -0.377. The van der Waals surface area contributed by atoms with Crippen LogP contribution in [-0.2, 0) is 16.1 Å². The van der Waals surface area contributed by atoms with Crippen molar-refractivity contribution in [1.29, 1.82) is 0 Å². The van der Waals surface area contributed by atoms with Gasteiger partial charge in [0.2, 0.25) is 11.8 Å². The molecule has 1 fully saturated rings. The van der Waals surface area contributed by atoms with Crippen LogP contribution in [0.5, 0.6) is 0 Å². The predicted molar refractivity (Wildman–Crippen MR) is 118 cm³/mol. The van der Waals surface area contributed by atoms with Crippen LogP contribution < -0.4 is 0 Å². The molecule has 2 aromatic rings. The van der Waals surface area contributed by atoms with Crippen LogP contribution in [0, 0.1) is 12.8 Å². The summed E-state index contributed by atoms with van der Waals surface area (Å²) in [4.78, 5) is 30.5. The van der Waals surface area contributed by atoms with Crippen LogP contribution in [0.25, 0.3) is 0 Å². The van der Waals surface area contributed by atoms with Crippen LogP contribution in [0.15, 0.2) is 42.6 Å². The number of amides is 2. The fraction of sp³-hybridized carbons (Fsp3) is 0.520. The summed E-state index contributed by atoms with van der Waals surface area (Å²) in [6.07, 6.45) is 5.09. The molecule has 0 radical (unpaired) electrons. The van der Waals surface area contributed by atoms with Gasteiger partial charge in [-0.2, -0.15) is 0 Å². The number of carbonyl (C=O) groups excluding carboxylic acids is 2. The molecule has 0 spiro atoms. The number of hydrogen-bond acceptors (Lipinski definition) is 2. The Kier molecular flexibility index (Phi) is 5.48. The van der Waals surface area contributed by atoms with Crippen LogP contribution in [0.3, 0.4) is 0 Å². The second-order valence-electron chi connectivity index (χ2n) is 9.75. The van der Waals surface area contributed by atoms with E-state index in [-0.39, 0.29) is 35.9 Å². The van der Waals surface area contributed by atoms with Crippen molar-refractivity contribution in [2.45, 2.75) is 65.1 Å². The average Bonchev–Trinajstić information content (AvgIpc) is 3.12. The molecule has 0 saturated heterocycles. The number of aromatic nitrogens is 1. The Morgan fingerprint density at radius 2 is 1.77 bits per heavy atom. The first-order chi connectivity index (χ1) is 14.3. The Hall–Kier alpha value is -2.56. The molecule has 1 aliphatic carbocycles. The third kappa shape index (κ3) is 3.90. The van der Waals surface area contributed by atoms with Gasteiger partial charge in [-0.3, -0.25) is 9.59 Å². The second kappa shape index (κ2) is 7.93. The zero-order valence-electron chi connectivity index (χ0n) is 18.6. The van der Waals surface area contributed by atoms with E-state index in [0.29, 0.717) is 6.54 Å². The van der Waals surface area contributed by atoms with E-state index in [9.17, 15) is 9.59 Å². The molecule has 30 heavy (non-hydrogen) atoms. The fourth-order valence-corrected chi connectivity index (χ4v) is 4.50. The van der Waals surface area contributed by atoms with Crippen molar-refractivity contribution in [1.82, 2.24) is 14.4 Å². The van der Waals surface area contributed by atoms with Gasteiger partial charge >= 0.3 is 0 Å². The van der Waals surface area contributed by atoms with Crippen molar-refractivity contribution in [2.75, 3.05) is 13.1 Å². The van der Waals surface area contributed by atoms with E-state index in [0.717, 1.165) is 37.1 Å². The fourth-order valence-electron chi connectivity index (χ4n) is 4.50. The number of benzene rings is 1. The predicted octanol–water partition coefficient (Wildman–Crippen LogP) is 4.16. The van der Waals surface area contributed by atoms with Gasteiger partial charge in [0.05, 0.1) is 6.04 Å². The number of fused-ring (bicyclic) bond motifs is 1. The highest BCUT2D eigenvalue weighted by atomic mass is 16.2. The third-order valence-corrected chi connectivity index (χ3v) is 6.58. The summed E-state index contributed by atoms with van der Waals surface area (Å²) in [5.41, 5.74) is 3.07. The monoisotopic (exact) mass is 407 g/mol. The molecule has 1 aliphatic heterocycles. The number of carbonyl (C=O) groups is 2. The summed E-state index contributed by atoms with van der Waals surface area (Å²) >= 11 is 0. The minimum Gasteiger partial charge on any atom is -0.348 e. The lowest BCUT2D eigenvalue weighted by Gasteiger charge is -2.43. The molecule has 1 atom stereocenters. The van der Waals surface area contributed by atoms with E-state index in [1.165, 1.54) is 5.56 Å². The van der Waals surface area contributed by atoms with Gasteiger partial charge in [0, 0.05) is 36.4 Å². The lowest BCUT2D eigenvalue weighted by atomic mass is 9.83. The molecular weight excluding hydrogens is 374 g/mol. The molecule has 1 aromatic carbocycles. The summed E-state index contributed by atoms with van der Waals surface area (Å²) in [5.74, 6) is 0.244. The van der Waals surface area contributed by atoms with E-state index in [1.807, 2.05) is 31.7 Å². The first kappa shape index (κ1) is 20.7. The minimum absolute atomic E-state index is 0.0237. The van der Waals surface area contributed by atoms with Crippen molar-refractivity contribution in [3.63, 3.8) is 0 Å². The van der Waals surface area contributed by atoms with E-state index < -0.39 is 0 Å². The van der Waals surface area contributed by atoms with Crippen LogP contribution >= 0.6 is 0 Å². The smallest absolute Gasteiger partial charge is 0.243 e. The average molecular weight is 408 g/mol. The van der Waals surface area contributed by atoms with E-state index >= 15 is 0 Å². The lowest BCUT2D eigenvalue weighted by Crippen LogP contribution is -2.55. The summed E-state index contributed by atoms with van der Waals surface area (Å²) in [6.45, 7) is 9.71. The molecule has 1 saturated carbocycles. The van der Waals surface area contributed by atoms with Crippen LogP contribution in [-0.4, -0.2) is 44.8 Å². The number of rotatable bonds is 4. The maximum atomic E-state index is 13.6. The molecule has 160 valence electrons.